The summed E-state index contributed by atoms with van der Waals surface area (Å²) >= 11 is 6.34. The van der Waals surface area contributed by atoms with Crippen molar-refractivity contribution in [1.82, 2.24) is 20.0 Å². The molecule has 2 saturated carbocycles. The van der Waals surface area contributed by atoms with Crippen LogP contribution >= 0.6 is 11.6 Å². The molecule has 2 unspecified atom stereocenters. The summed E-state index contributed by atoms with van der Waals surface area (Å²) in [4.78, 5) is 24.6. The van der Waals surface area contributed by atoms with Crippen LogP contribution in [-0.2, 0) is 11.8 Å². The van der Waals surface area contributed by atoms with Crippen LogP contribution in [0.5, 0.6) is 0 Å². The van der Waals surface area contributed by atoms with Gasteiger partial charge < -0.3 is 10.5 Å². The number of ether oxygens (including phenoxy) is 1. The number of nitrogens with zero attached hydrogens (tertiary/aromatic N) is 4. The van der Waals surface area contributed by atoms with Crippen molar-refractivity contribution in [3.05, 3.63) is 68.5 Å². The smallest absolute Gasteiger partial charge is 0.405 e. The maximum absolute atomic E-state index is 15.7. The van der Waals surface area contributed by atoms with E-state index in [0.29, 0.717) is 39.7 Å². The number of nitrogens with one attached hydrogen (secondary N) is 1. The lowest BCUT2D eigenvalue weighted by Gasteiger charge is -2.31. The Morgan fingerprint density at radius 1 is 1.29 bits per heavy atom. The van der Waals surface area contributed by atoms with Crippen LogP contribution in [0.1, 0.15) is 68.7 Å². The Labute approximate surface area is 240 Å². The second-order valence-corrected chi connectivity index (χ2v) is 12.4. The molecule has 2 atom stereocenters. The number of amides is 1. The molecule has 0 aliphatic heterocycles. The van der Waals surface area contributed by atoms with Crippen molar-refractivity contribution in [3.8, 4) is 28.5 Å². The number of hydrogen-bond acceptors (Lipinski definition) is 6. The highest BCUT2D eigenvalue weighted by atomic mass is 35.5. The SMILES string of the molecule is Cn1ncc(-c2ccc3c(=O)[nH]nc(C4CC4(OC(N)=O)C(C)(C)C)c3c2)c1-c1c(F)c(Cl)cc(C2CC2)c1C#N. The van der Waals surface area contributed by atoms with Crippen LogP contribution in [-0.4, -0.2) is 31.7 Å². The summed E-state index contributed by atoms with van der Waals surface area (Å²) in [7, 11) is 1.68. The summed E-state index contributed by atoms with van der Waals surface area (Å²) in [5.41, 5.74) is 6.96. The van der Waals surface area contributed by atoms with Crippen LogP contribution in [0.4, 0.5) is 9.18 Å². The molecule has 41 heavy (non-hydrogen) atoms. The topological polar surface area (TPSA) is 140 Å². The summed E-state index contributed by atoms with van der Waals surface area (Å²) in [6, 6.07) is 9.00. The number of H-pyrrole nitrogens is 1. The lowest BCUT2D eigenvalue weighted by Crippen LogP contribution is -2.37. The molecule has 4 aromatic rings. The molecule has 3 N–H and O–H groups in total. The highest BCUT2D eigenvalue weighted by Crippen LogP contribution is 2.63. The highest BCUT2D eigenvalue weighted by molar-refractivity contribution is 6.31. The van der Waals surface area contributed by atoms with Gasteiger partial charge in [-0.25, -0.2) is 14.3 Å². The van der Waals surface area contributed by atoms with Gasteiger partial charge in [-0.1, -0.05) is 38.4 Å². The van der Waals surface area contributed by atoms with Crippen molar-refractivity contribution in [2.45, 2.75) is 57.5 Å². The quantitative estimate of drug-likeness (QED) is 0.304. The molecule has 0 bridgehead atoms. The standard InChI is InChI=1S/C30H28ClFN6O3/c1-29(2,3)30(41-28(34)40)11-21(30)25-18-9-15(7-8-16(18)27(39)37-36-25)20-13-35-38(4)26(20)23-19(12-33)17(14-5-6-14)10-22(31)24(23)32/h7-10,13-14,21H,5-6,11H2,1-4H3,(H2,34,40)(H,37,39). The molecule has 6 rings (SSSR count). The summed E-state index contributed by atoms with van der Waals surface area (Å²) in [5, 5.41) is 22.4. The summed E-state index contributed by atoms with van der Waals surface area (Å²) < 4.78 is 22.9. The first kappa shape index (κ1) is 27.0. The van der Waals surface area contributed by atoms with Gasteiger partial charge >= 0.3 is 6.09 Å². The lowest BCUT2D eigenvalue weighted by molar-refractivity contribution is 0.0109. The Kier molecular flexibility index (Phi) is 6.01. The average Bonchev–Trinajstić information content (AvgIpc) is 3.83. The molecule has 11 heteroatoms. The van der Waals surface area contributed by atoms with E-state index in [9.17, 15) is 14.9 Å². The molecule has 2 aliphatic rings. The third kappa shape index (κ3) is 4.18. The van der Waals surface area contributed by atoms with Crippen molar-refractivity contribution >= 4 is 28.5 Å². The number of benzene rings is 2. The van der Waals surface area contributed by atoms with Gasteiger partial charge in [-0.05, 0) is 48.1 Å². The van der Waals surface area contributed by atoms with Gasteiger partial charge in [0, 0.05) is 35.8 Å². The Balaban J connectivity index is 1.55. The molecular formula is C30H28ClFN6O3. The van der Waals surface area contributed by atoms with Crippen LogP contribution in [0.3, 0.4) is 0 Å². The van der Waals surface area contributed by atoms with Gasteiger partial charge in [-0.15, -0.1) is 0 Å². The number of halogens is 2. The van der Waals surface area contributed by atoms with E-state index in [4.69, 9.17) is 22.1 Å². The fraction of sp³-hybridized carbons (Fsp3) is 0.367. The second-order valence-electron chi connectivity index (χ2n) is 11.9. The first-order chi connectivity index (χ1) is 19.4. The summed E-state index contributed by atoms with van der Waals surface area (Å²) in [6.45, 7) is 5.87. The zero-order valence-corrected chi connectivity index (χ0v) is 23.8. The molecule has 0 spiro atoms. The first-order valence-electron chi connectivity index (χ1n) is 13.3. The van der Waals surface area contributed by atoms with E-state index in [0.717, 1.165) is 18.4 Å². The van der Waals surface area contributed by atoms with E-state index in [1.54, 1.807) is 37.5 Å². The van der Waals surface area contributed by atoms with Gasteiger partial charge in [0.25, 0.3) is 5.56 Å². The van der Waals surface area contributed by atoms with Crippen molar-refractivity contribution in [3.63, 3.8) is 0 Å². The number of carbonyl (C=O) groups excluding carboxylic acids is 1. The van der Waals surface area contributed by atoms with E-state index in [1.807, 2.05) is 20.8 Å². The molecule has 2 aliphatic carbocycles. The maximum Gasteiger partial charge on any atom is 0.405 e. The maximum atomic E-state index is 15.7. The molecule has 2 aromatic heterocycles. The molecule has 0 saturated heterocycles. The normalized spacial score (nSPS) is 20.2. The first-order valence-corrected chi connectivity index (χ1v) is 13.7. The van der Waals surface area contributed by atoms with E-state index >= 15 is 4.39 Å². The molecule has 210 valence electrons. The van der Waals surface area contributed by atoms with Crippen LogP contribution < -0.4 is 11.3 Å². The number of aromatic amines is 1. The molecule has 1 amide bonds. The fourth-order valence-corrected chi connectivity index (χ4v) is 6.32. The van der Waals surface area contributed by atoms with Crippen molar-refractivity contribution in [2.75, 3.05) is 0 Å². The van der Waals surface area contributed by atoms with E-state index < -0.39 is 22.9 Å². The molecule has 0 radical (unpaired) electrons. The zero-order valence-electron chi connectivity index (χ0n) is 23.0. The van der Waals surface area contributed by atoms with Crippen LogP contribution in [0.15, 0.2) is 35.3 Å². The van der Waals surface area contributed by atoms with Gasteiger partial charge in [0.15, 0.2) is 5.82 Å². The number of nitrogens with two attached hydrogens (primary N) is 1. The van der Waals surface area contributed by atoms with Crippen molar-refractivity contribution < 1.29 is 13.9 Å². The number of fused-ring (bicyclic) bond motifs is 1. The predicted octanol–water partition coefficient (Wildman–Crippen LogP) is 5.90. The van der Waals surface area contributed by atoms with Gasteiger partial charge in [-0.2, -0.15) is 15.5 Å². The molecule has 9 nitrogen and oxygen atoms in total. The summed E-state index contributed by atoms with van der Waals surface area (Å²) in [6.07, 6.45) is 3.04. The number of aromatic nitrogens is 4. The van der Waals surface area contributed by atoms with Gasteiger partial charge in [-0.3, -0.25) is 9.48 Å². The number of carbonyl (C=O) groups is 1. The molecular weight excluding hydrogens is 547 g/mol. The number of aryl methyl sites for hydroxylation is 1. The third-order valence-electron chi connectivity index (χ3n) is 8.48. The molecule has 2 aromatic carbocycles. The summed E-state index contributed by atoms with van der Waals surface area (Å²) in [5.74, 6) is -0.827. The Hall–Kier alpha value is -4.23. The van der Waals surface area contributed by atoms with Crippen LogP contribution in [0, 0.1) is 22.6 Å². The Morgan fingerprint density at radius 3 is 2.66 bits per heavy atom. The van der Waals surface area contributed by atoms with E-state index in [2.05, 4.69) is 21.4 Å². The lowest BCUT2D eigenvalue weighted by atomic mass is 9.84. The minimum absolute atomic E-state index is 0.0497. The van der Waals surface area contributed by atoms with Gasteiger partial charge in [0.1, 0.15) is 11.7 Å². The van der Waals surface area contributed by atoms with Crippen LogP contribution in [0.2, 0.25) is 5.02 Å². The number of rotatable bonds is 5. The van der Waals surface area contributed by atoms with Crippen molar-refractivity contribution in [2.24, 2.45) is 18.2 Å². The number of nitriles is 1. The predicted molar refractivity (Wildman–Crippen MR) is 152 cm³/mol. The highest BCUT2D eigenvalue weighted by Gasteiger charge is 2.66. The Bertz CT molecular complexity index is 1860. The second kappa shape index (κ2) is 9.14. The van der Waals surface area contributed by atoms with Gasteiger partial charge in [0.05, 0.1) is 39.1 Å². The molecule has 2 fully saturated rings. The largest absolute Gasteiger partial charge is 0.442 e. The monoisotopic (exact) mass is 574 g/mol. The van der Waals surface area contributed by atoms with E-state index in [-0.39, 0.29) is 33.5 Å². The van der Waals surface area contributed by atoms with Crippen molar-refractivity contribution in [1.29, 1.82) is 5.26 Å². The Morgan fingerprint density at radius 2 is 2.02 bits per heavy atom. The third-order valence-corrected chi connectivity index (χ3v) is 8.75. The fourth-order valence-electron chi connectivity index (χ4n) is 6.10. The van der Waals surface area contributed by atoms with Crippen LogP contribution in [0.25, 0.3) is 33.2 Å². The average molecular weight is 575 g/mol. The zero-order chi connectivity index (χ0) is 29.4. The molecule has 2 heterocycles. The minimum atomic E-state index is -0.892. The van der Waals surface area contributed by atoms with E-state index in [1.165, 1.54) is 4.68 Å². The number of primary amides is 1. The number of hydrogen-bond donors (Lipinski definition) is 2. The van der Waals surface area contributed by atoms with Gasteiger partial charge in [0.2, 0.25) is 0 Å². The minimum Gasteiger partial charge on any atom is -0.442 e.